The van der Waals surface area contributed by atoms with Crippen molar-refractivity contribution < 1.29 is 4.79 Å². The molecule has 0 fully saturated rings. The van der Waals surface area contributed by atoms with Crippen LogP contribution >= 0.6 is 0 Å². The lowest BCUT2D eigenvalue weighted by Gasteiger charge is -2.28. The number of carbonyl (C=O) groups excluding carboxylic acids is 1. The van der Waals surface area contributed by atoms with Crippen LogP contribution in [0.2, 0.25) is 0 Å². The van der Waals surface area contributed by atoms with E-state index in [1.54, 1.807) is 16.8 Å². The smallest absolute Gasteiger partial charge is 0.272 e. The maximum Gasteiger partial charge on any atom is 0.272 e. The highest BCUT2D eigenvalue weighted by atomic mass is 16.2. The number of amides is 1. The molecule has 2 aromatic heterocycles. The molecule has 110 valence electrons. The van der Waals surface area contributed by atoms with Gasteiger partial charge in [-0.25, -0.2) is 9.50 Å². The summed E-state index contributed by atoms with van der Waals surface area (Å²) in [6.07, 6.45) is 2.57. The zero-order valence-electron chi connectivity index (χ0n) is 12.4. The van der Waals surface area contributed by atoms with Crippen LogP contribution in [-0.4, -0.2) is 31.9 Å². The van der Waals surface area contributed by atoms with Gasteiger partial charge in [-0.3, -0.25) is 4.79 Å². The molecule has 1 amide bonds. The van der Waals surface area contributed by atoms with Crippen molar-refractivity contribution in [3.8, 4) is 0 Å². The van der Waals surface area contributed by atoms with Crippen molar-refractivity contribution in [2.24, 2.45) is 0 Å². The first-order valence-corrected chi connectivity index (χ1v) is 7.40. The monoisotopic (exact) mass is 292 g/mol. The highest BCUT2D eigenvalue weighted by Gasteiger charge is 2.23. The number of nitrogens with zero attached hydrogens (tertiary/aromatic N) is 4. The molecule has 0 N–H and O–H groups in total. The molecule has 0 unspecified atom stereocenters. The first-order chi connectivity index (χ1) is 10.7. The Balaban J connectivity index is 1.70. The van der Waals surface area contributed by atoms with Gasteiger partial charge in [0.25, 0.3) is 5.91 Å². The van der Waals surface area contributed by atoms with E-state index in [9.17, 15) is 4.79 Å². The summed E-state index contributed by atoms with van der Waals surface area (Å²) >= 11 is 0. The van der Waals surface area contributed by atoms with Gasteiger partial charge >= 0.3 is 0 Å². The van der Waals surface area contributed by atoms with Gasteiger partial charge in [-0.1, -0.05) is 24.3 Å². The minimum atomic E-state index is 0.00463. The quantitative estimate of drug-likeness (QED) is 0.691. The standard InChI is InChI=1S/C17H16N4O/c1-12-10-16-18-8-6-15(21(16)19-12)17(22)20-9-7-13-4-2-3-5-14(13)11-20/h2-6,8,10H,7,9,11H2,1H3. The van der Waals surface area contributed by atoms with Gasteiger partial charge in [0.2, 0.25) is 0 Å². The normalized spacial score (nSPS) is 14.1. The van der Waals surface area contributed by atoms with E-state index in [0.717, 1.165) is 18.7 Å². The lowest BCUT2D eigenvalue weighted by Crippen LogP contribution is -2.37. The molecule has 0 spiro atoms. The van der Waals surface area contributed by atoms with Gasteiger partial charge in [-0.15, -0.1) is 0 Å². The van der Waals surface area contributed by atoms with Crippen molar-refractivity contribution in [2.75, 3.05) is 6.54 Å². The Morgan fingerprint density at radius 2 is 2.00 bits per heavy atom. The zero-order chi connectivity index (χ0) is 15.1. The second kappa shape index (κ2) is 4.94. The summed E-state index contributed by atoms with van der Waals surface area (Å²) in [6, 6.07) is 11.9. The molecule has 0 atom stereocenters. The fourth-order valence-corrected chi connectivity index (χ4v) is 3.00. The molecular weight excluding hydrogens is 276 g/mol. The predicted molar refractivity (Wildman–Crippen MR) is 82.6 cm³/mol. The molecule has 0 bridgehead atoms. The van der Waals surface area contributed by atoms with E-state index in [2.05, 4.69) is 28.3 Å². The van der Waals surface area contributed by atoms with Crippen LogP contribution in [0.3, 0.4) is 0 Å². The molecule has 3 aromatic rings. The van der Waals surface area contributed by atoms with Crippen molar-refractivity contribution in [3.63, 3.8) is 0 Å². The van der Waals surface area contributed by atoms with E-state index in [-0.39, 0.29) is 5.91 Å². The number of hydrogen-bond donors (Lipinski definition) is 0. The van der Waals surface area contributed by atoms with Crippen molar-refractivity contribution in [3.05, 3.63) is 65.1 Å². The van der Waals surface area contributed by atoms with E-state index < -0.39 is 0 Å². The highest BCUT2D eigenvalue weighted by Crippen LogP contribution is 2.20. The summed E-state index contributed by atoms with van der Waals surface area (Å²) in [5, 5.41) is 4.38. The minimum Gasteiger partial charge on any atom is -0.333 e. The summed E-state index contributed by atoms with van der Waals surface area (Å²) in [5.74, 6) is 0.00463. The molecule has 5 heteroatoms. The molecule has 1 aromatic carbocycles. The Labute approximate surface area is 128 Å². The van der Waals surface area contributed by atoms with Crippen molar-refractivity contribution in [1.82, 2.24) is 19.5 Å². The number of carbonyl (C=O) groups is 1. The molecule has 0 radical (unpaired) electrons. The van der Waals surface area contributed by atoms with Gasteiger partial charge in [-0.2, -0.15) is 5.10 Å². The SMILES string of the molecule is Cc1cc2nccc(C(=O)N3CCc4ccccc4C3)n2n1. The lowest BCUT2D eigenvalue weighted by molar-refractivity contribution is 0.0725. The molecular formula is C17H16N4O. The summed E-state index contributed by atoms with van der Waals surface area (Å²) in [5.41, 5.74) is 4.69. The molecule has 1 aliphatic rings. The van der Waals surface area contributed by atoms with Crippen LogP contribution in [0.15, 0.2) is 42.6 Å². The van der Waals surface area contributed by atoms with E-state index in [1.165, 1.54) is 11.1 Å². The minimum absolute atomic E-state index is 0.00463. The summed E-state index contributed by atoms with van der Waals surface area (Å²) in [4.78, 5) is 19.0. The molecule has 0 saturated carbocycles. The third-order valence-corrected chi connectivity index (χ3v) is 4.12. The fourth-order valence-electron chi connectivity index (χ4n) is 3.00. The van der Waals surface area contributed by atoms with Crippen LogP contribution in [0.4, 0.5) is 0 Å². The Morgan fingerprint density at radius 3 is 2.86 bits per heavy atom. The number of fused-ring (bicyclic) bond motifs is 2. The molecule has 4 rings (SSSR count). The number of benzene rings is 1. The lowest BCUT2D eigenvalue weighted by atomic mass is 10.00. The number of hydrogen-bond acceptors (Lipinski definition) is 3. The van der Waals surface area contributed by atoms with Gasteiger partial charge in [0.05, 0.1) is 5.69 Å². The average Bonchev–Trinajstić information content (AvgIpc) is 2.93. The Hall–Kier alpha value is -2.69. The molecule has 3 heterocycles. The zero-order valence-corrected chi connectivity index (χ0v) is 12.4. The fraction of sp³-hybridized carbons (Fsp3) is 0.235. The van der Waals surface area contributed by atoms with Crippen LogP contribution in [0.1, 0.15) is 27.3 Å². The molecule has 1 aliphatic heterocycles. The third-order valence-electron chi connectivity index (χ3n) is 4.12. The van der Waals surface area contributed by atoms with Crippen LogP contribution in [0.25, 0.3) is 5.65 Å². The van der Waals surface area contributed by atoms with Crippen LogP contribution in [-0.2, 0) is 13.0 Å². The highest BCUT2D eigenvalue weighted by molar-refractivity contribution is 5.93. The van der Waals surface area contributed by atoms with E-state index in [0.29, 0.717) is 17.9 Å². The van der Waals surface area contributed by atoms with Crippen molar-refractivity contribution >= 4 is 11.6 Å². The molecule has 0 aliphatic carbocycles. The maximum atomic E-state index is 12.9. The van der Waals surface area contributed by atoms with Gasteiger partial charge in [0.1, 0.15) is 5.69 Å². The van der Waals surface area contributed by atoms with Crippen molar-refractivity contribution in [2.45, 2.75) is 19.9 Å². The first kappa shape index (κ1) is 13.0. The van der Waals surface area contributed by atoms with Crippen LogP contribution in [0, 0.1) is 6.92 Å². The maximum absolute atomic E-state index is 12.9. The van der Waals surface area contributed by atoms with Crippen LogP contribution < -0.4 is 0 Å². The average molecular weight is 292 g/mol. The van der Waals surface area contributed by atoms with E-state index >= 15 is 0 Å². The third kappa shape index (κ3) is 2.06. The van der Waals surface area contributed by atoms with Gasteiger partial charge in [-0.05, 0) is 30.5 Å². The summed E-state index contributed by atoms with van der Waals surface area (Å²) in [6.45, 7) is 3.29. The first-order valence-electron chi connectivity index (χ1n) is 7.40. The number of aromatic nitrogens is 3. The summed E-state index contributed by atoms with van der Waals surface area (Å²) < 4.78 is 1.64. The van der Waals surface area contributed by atoms with Gasteiger partial charge < -0.3 is 4.90 Å². The summed E-state index contributed by atoms with van der Waals surface area (Å²) in [7, 11) is 0. The molecule has 22 heavy (non-hydrogen) atoms. The predicted octanol–water partition coefficient (Wildman–Crippen LogP) is 2.24. The van der Waals surface area contributed by atoms with Crippen LogP contribution in [0.5, 0.6) is 0 Å². The molecule has 5 nitrogen and oxygen atoms in total. The van der Waals surface area contributed by atoms with E-state index in [1.807, 2.05) is 24.0 Å². The topological polar surface area (TPSA) is 50.5 Å². The number of aryl methyl sites for hydroxylation is 1. The Kier molecular flexibility index (Phi) is 2.92. The van der Waals surface area contributed by atoms with Gasteiger partial charge in [0, 0.05) is 25.4 Å². The Bertz CT molecular complexity index is 868. The Morgan fingerprint density at radius 1 is 1.18 bits per heavy atom. The molecule has 0 saturated heterocycles. The second-order valence-electron chi connectivity index (χ2n) is 5.63. The largest absolute Gasteiger partial charge is 0.333 e. The van der Waals surface area contributed by atoms with Crippen molar-refractivity contribution in [1.29, 1.82) is 0 Å². The van der Waals surface area contributed by atoms with Gasteiger partial charge in [0.15, 0.2) is 5.65 Å². The number of rotatable bonds is 1. The second-order valence-corrected chi connectivity index (χ2v) is 5.63. The van der Waals surface area contributed by atoms with E-state index in [4.69, 9.17) is 0 Å².